The Morgan fingerprint density at radius 1 is 1.21 bits per heavy atom. The minimum absolute atomic E-state index is 0.00703. The first-order valence-corrected chi connectivity index (χ1v) is 16.5. The van der Waals surface area contributed by atoms with Crippen molar-refractivity contribution in [1.29, 1.82) is 0 Å². The smallest absolute Gasteiger partial charge is 0.308 e. The summed E-state index contributed by atoms with van der Waals surface area (Å²) in [5.41, 5.74) is 3.51. The number of likely N-dealkylation sites (N-methyl/N-ethyl adjacent to an activating group) is 1. The predicted molar refractivity (Wildman–Crippen MR) is 168 cm³/mol. The molecule has 1 saturated carbocycles. The number of halogens is 1. The maximum absolute atomic E-state index is 13.5. The molecule has 1 amide bonds. The molecule has 4 aliphatic rings. The van der Waals surface area contributed by atoms with Crippen LogP contribution in [0, 0.1) is 5.92 Å². The fourth-order valence-corrected chi connectivity index (χ4v) is 9.63. The van der Waals surface area contributed by atoms with Crippen LogP contribution in [-0.4, -0.2) is 60.0 Å². The number of thiophene rings is 1. The third kappa shape index (κ3) is 4.63. The van der Waals surface area contributed by atoms with Crippen molar-refractivity contribution in [3.63, 3.8) is 0 Å². The van der Waals surface area contributed by atoms with E-state index in [0.717, 1.165) is 65.9 Å². The Balaban J connectivity index is 1.22. The Bertz CT molecular complexity index is 1550. The lowest BCUT2D eigenvalue weighted by Crippen LogP contribution is -2.69. The van der Waals surface area contributed by atoms with Gasteiger partial charge in [-0.15, -0.1) is 11.3 Å². The van der Waals surface area contributed by atoms with Crippen molar-refractivity contribution in [3.05, 3.63) is 86.0 Å². The van der Waals surface area contributed by atoms with Gasteiger partial charge in [-0.1, -0.05) is 30.3 Å². The van der Waals surface area contributed by atoms with Crippen LogP contribution in [0.25, 0.3) is 6.08 Å². The van der Waals surface area contributed by atoms with Crippen LogP contribution in [0.1, 0.15) is 47.8 Å². The van der Waals surface area contributed by atoms with Crippen LogP contribution in [0.3, 0.4) is 0 Å². The Morgan fingerprint density at radius 2 is 2.05 bits per heavy atom. The Morgan fingerprint density at radius 3 is 2.81 bits per heavy atom. The lowest BCUT2D eigenvalue weighted by atomic mass is 9.51. The highest BCUT2D eigenvalue weighted by atomic mass is 79.9. The van der Waals surface area contributed by atoms with E-state index in [1.54, 1.807) is 17.4 Å². The second-order valence-electron chi connectivity index (χ2n) is 12.1. The van der Waals surface area contributed by atoms with Gasteiger partial charge in [0.1, 0.15) is 17.6 Å². The number of hydrogen-bond donors (Lipinski definition) is 0. The van der Waals surface area contributed by atoms with Gasteiger partial charge >= 0.3 is 5.97 Å². The molecule has 3 aromatic rings. The fourth-order valence-electron chi connectivity index (χ4n) is 8.29. The standard InChI is InChI=1S/C34H35BrN2O4S/c1-21(38)40-29-11-12-30-32-25(29)19-28-26-9-10-27(36(2)31(39)13-8-24-18-23(35)20-42-24)33(41-30)34(26,32)15-17-37(28)16-14-22-6-4-3-5-7-22/h3-8,11-13,18,20,26-28,33H,9-10,14-17,19H2,1-2H3/b13-8+/t26-,27-,28+,33-,34-/m0/s1. The molecule has 2 fully saturated rings. The van der Waals surface area contributed by atoms with Crippen molar-refractivity contribution in [1.82, 2.24) is 9.80 Å². The highest BCUT2D eigenvalue weighted by molar-refractivity contribution is 9.10. The minimum Gasteiger partial charge on any atom is -0.487 e. The molecule has 2 aliphatic carbocycles. The monoisotopic (exact) mass is 646 g/mol. The highest BCUT2D eigenvalue weighted by Crippen LogP contribution is 2.63. The summed E-state index contributed by atoms with van der Waals surface area (Å²) < 4.78 is 13.7. The number of rotatable bonds is 7. The molecule has 0 N–H and O–H groups in total. The molecule has 0 unspecified atom stereocenters. The lowest BCUT2D eigenvalue weighted by Gasteiger charge is -2.60. The van der Waals surface area contributed by atoms with E-state index in [2.05, 4.69) is 51.2 Å². The maximum atomic E-state index is 13.5. The van der Waals surface area contributed by atoms with Gasteiger partial charge in [0.2, 0.25) is 5.91 Å². The van der Waals surface area contributed by atoms with E-state index in [1.807, 2.05) is 41.6 Å². The van der Waals surface area contributed by atoms with Crippen LogP contribution < -0.4 is 9.47 Å². The van der Waals surface area contributed by atoms with Crippen LogP contribution in [0.15, 0.2) is 64.5 Å². The number of carbonyl (C=O) groups excluding carboxylic acids is 2. The van der Waals surface area contributed by atoms with Crippen LogP contribution in [0.2, 0.25) is 0 Å². The summed E-state index contributed by atoms with van der Waals surface area (Å²) in [6.07, 6.45) is 8.21. The number of hydrogen-bond acceptors (Lipinski definition) is 6. The molecule has 1 spiro atoms. The minimum atomic E-state index is -0.302. The van der Waals surface area contributed by atoms with Crippen molar-refractivity contribution >= 4 is 45.2 Å². The average molecular weight is 648 g/mol. The van der Waals surface area contributed by atoms with E-state index in [9.17, 15) is 9.59 Å². The summed E-state index contributed by atoms with van der Waals surface area (Å²) in [6, 6.07) is 16.9. The molecule has 1 saturated heterocycles. The number of amides is 1. The molecule has 1 aromatic heterocycles. The van der Waals surface area contributed by atoms with Crippen molar-refractivity contribution in [2.24, 2.45) is 5.92 Å². The number of likely N-dealkylation sites (tertiary alicyclic amines) is 1. The quantitative estimate of drug-likeness (QED) is 0.172. The number of ether oxygens (including phenoxy) is 2. The first-order chi connectivity index (χ1) is 20.3. The molecule has 3 heterocycles. The molecule has 5 atom stereocenters. The molecule has 2 aromatic carbocycles. The van der Waals surface area contributed by atoms with Crippen molar-refractivity contribution in [2.75, 3.05) is 20.1 Å². The molecular weight excluding hydrogens is 612 g/mol. The zero-order valence-corrected chi connectivity index (χ0v) is 26.3. The first-order valence-electron chi connectivity index (χ1n) is 14.8. The van der Waals surface area contributed by atoms with Crippen LogP contribution in [-0.2, 0) is 27.8 Å². The van der Waals surface area contributed by atoms with Crippen LogP contribution in [0.4, 0.5) is 0 Å². The van der Waals surface area contributed by atoms with Gasteiger partial charge in [0, 0.05) is 63.9 Å². The molecule has 2 bridgehead atoms. The Hall–Kier alpha value is -2.94. The molecule has 0 radical (unpaired) electrons. The summed E-state index contributed by atoms with van der Waals surface area (Å²) in [6.45, 7) is 3.45. The third-order valence-corrected chi connectivity index (χ3v) is 11.7. The summed E-state index contributed by atoms with van der Waals surface area (Å²) >= 11 is 5.10. The van der Waals surface area contributed by atoms with E-state index >= 15 is 0 Å². The zero-order chi connectivity index (χ0) is 29.0. The Kier molecular flexibility index (Phi) is 7.27. The average Bonchev–Trinajstić information content (AvgIpc) is 3.56. The van der Waals surface area contributed by atoms with Gasteiger partial charge in [-0.25, -0.2) is 0 Å². The van der Waals surface area contributed by atoms with Crippen molar-refractivity contribution < 1.29 is 19.1 Å². The van der Waals surface area contributed by atoms with E-state index in [-0.39, 0.29) is 29.4 Å². The topological polar surface area (TPSA) is 59.1 Å². The normalized spacial score (nSPS) is 27.4. The molecule has 8 heteroatoms. The molecule has 2 aliphatic heterocycles. The van der Waals surface area contributed by atoms with Gasteiger partial charge in [-0.3, -0.25) is 14.5 Å². The number of carbonyl (C=O) groups is 2. The van der Waals surface area contributed by atoms with Gasteiger partial charge in [0.05, 0.1) is 6.04 Å². The fraction of sp³-hybridized carbons (Fsp3) is 0.412. The largest absolute Gasteiger partial charge is 0.487 e. The first kappa shape index (κ1) is 27.9. The molecular formula is C34H35BrN2O4S. The van der Waals surface area contributed by atoms with E-state index in [4.69, 9.17) is 9.47 Å². The highest BCUT2D eigenvalue weighted by Gasteiger charge is 2.66. The maximum Gasteiger partial charge on any atom is 0.308 e. The van der Waals surface area contributed by atoms with Gasteiger partial charge in [0.15, 0.2) is 0 Å². The van der Waals surface area contributed by atoms with Gasteiger partial charge < -0.3 is 14.4 Å². The molecule has 7 rings (SSSR count). The Labute approximate surface area is 259 Å². The van der Waals surface area contributed by atoms with Gasteiger partial charge in [-0.2, -0.15) is 0 Å². The summed E-state index contributed by atoms with van der Waals surface area (Å²) in [4.78, 5) is 31.2. The number of esters is 1. The number of nitrogens with zero attached hydrogens (tertiary/aromatic N) is 2. The van der Waals surface area contributed by atoms with Gasteiger partial charge in [-0.05, 0) is 90.3 Å². The molecule has 6 nitrogen and oxygen atoms in total. The SMILES string of the molecule is CC(=O)Oc1ccc2c3c1C[C@@H]1[C@@H]4CC[C@H](N(C)C(=O)/C=C/c5cc(Br)cs5)[C@H](O2)[C@]34CCN1CCc1ccccc1. The van der Waals surface area contributed by atoms with Gasteiger partial charge in [0.25, 0.3) is 0 Å². The summed E-state index contributed by atoms with van der Waals surface area (Å²) in [5, 5.41) is 2.02. The van der Waals surface area contributed by atoms with E-state index in [1.165, 1.54) is 18.1 Å². The third-order valence-electron chi connectivity index (χ3n) is 10.0. The lowest BCUT2D eigenvalue weighted by molar-refractivity contribution is -0.135. The predicted octanol–water partition coefficient (Wildman–Crippen LogP) is 6.26. The zero-order valence-electron chi connectivity index (χ0n) is 23.9. The van der Waals surface area contributed by atoms with Crippen molar-refractivity contribution in [2.45, 2.75) is 62.6 Å². The molecule has 42 heavy (non-hydrogen) atoms. The molecule has 218 valence electrons. The second-order valence-corrected chi connectivity index (χ2v) is 13.9. The second kappa shape index (κ2) is 11.0. The van der Waals surface area contributed by atoms with Crippen LogP contribution in [0.5, 0.6) is 11.5 Å². The summed E-state index contributed by atoms with van der Waals surface area (Å²) in [5.74, 6) is 1.68. The number of benzene rings is 2. The van der Waals surface area contributed by atoms with Crippen LogP contribution >= 0.6 is 27.3 Å². The van der Waals surface area contributed by atoms with E-state index in [0.29, 0.717) is 17.7 Å². The number of piperidine rings is 1. The summed E-state index contributed by atoms with van der Waals surface area (Å²) in [7, 11) is 1.92. The van der Waals surface area contributed by atoms with Crippen molar-refractivity contribution in [3.8, 4) is 11.5 Å². The van der Waals surface area contributed by atoms with E-state index < -0.39 is 0 Å².